The zero-order valence-electron chi connectivity index (χ0n) is 10.3. The van der Waals surface area contributed by atoms with Crippen molar-refractivity contribution in [3.63, 3.8) is 0 Å². The summed E-state index contributed by atoms with van der Waals surface area (Å²) in [6, 6.07) is 11.2. The molecule has 4 nitrogen and oxygen atoms in total. The molecule has 0 bridgehead atoms. The van der Waals surface area contributed by atoms with Gasteiger partial charge in [0.15, 0.2) is 5.78 Å². The highest BCUT2D eigenvalue weighted by molar-refractivity contribution is 6.06. The lowest BCUT2D eigenvalue weighted by molar-refractivity contribution is -0.384. The Balaban J connectivity index is 2.19. The molecule has 0 saturated heterocycles. The summed E-state index contributed by atoms with van der Waals surface area (Å²) < 4.78 is 13.0. The topological polar surface area (TPSA) is 60.2 Å². The maximum absolute atomic E-state index is 13.0. The average Bonchev–Trinajstić information content (AvgIpc) is 2.45. The van der Waals surface area contributed by atoms with Crippen molar-refractivity contribution in [3.05, 3.63) is 81.7 Å². The third kappa shape index (κ3) is 3.35. The van der Waals surface area contributed by atoms with E-state index in [1.54, 1.807) is 6.07 Å². The van der Waals surface area contributed by atoms with Crippen LogP contribution in [0.4, 0.5) is 10.1 Å². The second-order valence-electron chi connectivity index (χ2n) is 4.06. The van der Waals surface area contributed by atoms with Crippen LogP contribution in [0.3, 0.4) is 0 Å². The Bertz CT molecular complexity index is 695. The number of ketones is 1. The number of hydrogen-bond acceptors (Lipinski definition) is 3. The van der Waals surface area contributed by atoms with Gasteiger partial charge in [0.05, 0.1) is 4.92 Å². The van der Waals surface area contributed by atoms with E-state index in [0.29, 0.717) is 5.56 Å². The molecular formula is C15H10FNO3. The van der Waals surface area contributed by atoms with Crippen LogP contribution in [0.15, 0.2) is 54.6 Å². The van der Waals surface area contributed by atoms with Crippen LogP contribution in [0.2, 0.25) is 0 Å². The molecule has 0 aliphatic carbocycles. The van der Waals surface area contributed by atoms with Crippen LogP contribution in [-0.4, -0.2) is 10.7 Å². The third-order valence-electron chi connectivity index (χ3n) is 2.62. The molecule has 0 unspecified atom stereocenters. The van der Waals surface area contributed by atoms with Crippen molar-refractivity contribution in [3.8, 4) is 0 Å². The third-order valence-corrected chi connectivity index (χ3v) is 2.62. The molecule has 0 N–H and O–H groups in total. The highest BCUT2D eigenvalue weighted by atomic mass is 19.1. The Labute approximate surface area is 114 Å². The number of hydrogen-bond donors (Lipinski definition) is 0. The van der Waals surface area contributed by atoms with E-state index in [4.69, 9.17) is 0 Å². The van der Waals surface area contributed by atoms with Gasteiger partial charge in [-0.15, -0.1) is 0 Å². The summed E-state index contributed by atoms with van der Waals surface area (Å²) in [4.78, 5) is 21.9. The minimum atomic E-state index is -0.508. The van der Waals surface area contributed by atoms with Crippen molar-refractivity contribution < 1.29 is 14.1 Å². The van der Waals surface area contributed by atoms with Crippen LogP contribution in [-0.2, 0) is 0 Å². The van der Waals surface area contributed by atoms with Gasteiger partial charge in [0.1, 0.15) is 5.82 Å². The van der Waals surface area contributed by atoms with Crippen LogP contribution >= 0.6 is 0 Å². The Morgan fingerprint density at radius 1 is 1.15 bits per heavy atom. The smallest absolute Gasteiger partial charge is 0.270 e. The van der Waals surface area contributed by atoms with Gasteiger partial charge in [-0.3, -0.25) is 14.9 Å². The molecule has 5 heteroatoms. The van der Waals surface area contributed by atoms with Crippen LogP contribution in [0.1, 0.15) is 15.9 Å². The lowest BCUT2D eigenvalue weighted by Crippen LogP contribution is -1.94. The Morgan fingerprint density at radius 2 is 1.90 bits per heavy atom. The van der Waals surface area contributed by atoms with Crippen LogP contribution < -0.4 is 0 Å². The van der Waals surface area contributed by atoms with Crippen molar-refractivity contribution >= 4 is 17.5 Å². The highest BCUT2D eigenvalue weighted by Crippen LogP contribution is 2.14. The van der Waals surface area contributed by atoms with Crippen LogP contribution in [0, 0.1) is 15.9 Å². The second-order valence-corrected chi connectivity index (χ2v) is 4.06. The number of benzene rings is 2. The molecule has 0 fully saturated rings. The molecule has 0 heterocycles. The fraction of sp³-hybridized carbons (Fsp3) is 0. The maximum atomic E-state index is 13.0. The second kappa shape index (κ2) is 5.88. The largest absolute Gasteiger partial charge is 0.289 e. The van der Waals surface area contributed by atoms with Gasteiger partial charge in [0.2, 0.25) is 0 Å². The number of nitrogens with zero attached hydrogens (tertiary/aromatic N) is 1. The summed E-state index contributed by atoms with van der Waals surface area (Å²) in [6.45, 7) is 0. The summed E-state index contributed by atoms with van der Waals surface area (Å²) in [5, 5.41) is 10.6. The molecule has 100 valence electrons. The van der Waals surface area contributed by atoms with Gasteiger partial charge in [-0.2, -0.15) is 0 Å². The number of halogens is 1. The summed E-state index contributed by atoms with van der Waals surface area (Å²) in [5.74, 6) is -0.851. The number of rotatable bonds is 4. The first-order chi connectivity index (χ1) is 9.56. The first kappa shape index (κ1) is 13.6. The van der Waals surface area contributed by atoms with Crippen molar-refractivity contribution in [1.29, 1.82) is 0 Å². The highest BCUT2D eigenvalue weighted by Gasteiger charge is 2.05. The van der Waals surface area contributed by atoms with E-state index in [9.17, 15) is 19.3 Å². The van der Waals surface area contributed by atoms with Gasteiger partial charge >= 0.3 is 0 Å². The zero-order chi connectivity index (χ0) is 14.5. The van der Waals surface area contributed by atoms with Crippen LogP contribution in [0.25, 0.3) is 6.08 Å². The summed E-state index contributed by atoms with van der Waals surface area (Å²) >= 11 is 0. The van der Waals surface area contributed by atoms with E-state index in [-0.39, 0.29) is 17.0 Å². The molecule has 20 heavy (non-hydrogen) atoms. The monoisotopic (exact) mass is 271 g/mol. The molecule has 2 rings (SSSR count). The lowest BCUT2D eigenvalue weighted by Gasteiger charge is -1.96. The van der Waals surface area contributed by atoms with Crippen molar-refractivity contribution in [2.45, 2.75) is 0 Å². The lowest BCUT2D eigenvalue weighted by atomic mass is 10.1. The standard InChI is InChI=1S/C15H10FNO3/c16-13-5-2-4-12(10-13)15(18)8-7-11-3-1-6-14(9-11)17(19)20/h1-10H/b8-7+. The molecule has 0 aromatic heterocycles. The average molecular weight is 271 g/mol. The normalized spacial score (nSPS) is 10.7. The molecule has 0 saturated carbocycles. The molecule has 0 amide bonds. The molecule has 0 spiro atoms. The molecule has 2 aromatic carbocycles. The quantitative estimate of drug-likeness (QED) is 0.369. The number of allylic oxidation sites excluding steroid dienone is 1. The Hall–Kier alpha value is -2.82. The Morgan fingerprint density at radius 3 is 2.60 bits per heavy atom. The van der Waals surface area contributed by atoms with Gasteiger partial charge in [-0.25, -0.2) is 4.39 Å². The molecule has 0 aliphatic rings. The summed E-state index contributed by atoms with van der Waals surface area (Å²) in [6.07, 6.45) is 2.72. The fourth-order valence-electron chi connectivity index (χ4n) is 1.65. The van der Waals surface area contributed by atoms with E-state index in [2.05, 4.69) is 0 Å². The minimum absolute atomic E-state index is 0.0506. The predicted molar refractivity (Wildman–Crippen MR) is 72.9 cm³/mol. The van der Waals surface area contributed by atoms with Crippen LogP contribution in [0.5, 0.6) is 0 Å². The molecule has 2 aromatic rings. The fourth-order valence-corrected chi connectivity index (χ4v) is 1.65. The predicted octanol–water partition coefficient (Wildman–Crippen LogP) is 3.63. The van der Waals surface area contributed by atoms with E-state index >= 15 is 0 Å². The van der Waals surface area contributed by atoms with Crippen molar-refractivity contribution in [1.82, 2.24) is 0 Å². The van der Waals surface area contributed by atoms with Crippen molar-refractivity contribution in [2.24, 2.45) is 0 Å². The van der Waals surface area contributed by atoms with E-state index in [0.717, 1.165) is 6.07 Å². The van der Waals surface area contributed by atoms with E-state index in [1.807, 2.05) is 0 Å². The summed E-state index contributed by atoms with van der Waals surface area (Å²) in [5.41, 5.74) is 0.709. The van der Waals surface area contributed by atoms with Gasteiger partial charge in [0, 0.05) is 17.7 Å². The maximum Gasteiger partial charge on any atom is 0.270 e. The minimum Gasteiger partial charge on any atom is -0.289 e. The molecule has 0 radical (unpaired) electrons. The SMILES string of the molecule is O=C(/C=C/c1cccc([N+](=O)[O-])c1)c1cccc(F)c1. The van der Waals surface area contributed by atoms with Gasteiger partial charge in [-0.1, -0.05) is 30.3 Å². The first-order valence-electron chi connectivity index (χ1n) is 5.79. The van der Waals surface area contributed by atoms with E-state index in [1.165, 1.54) is 48.6 Å². The van der Waals surface area contributed by atoms with Crippen molar-refractivity contribution in [2.75, 3.05) is 0 Å². The number of carbonyl (C=O) groups is 1. The number of non-ortho nitro benzene ring substituents is 1. The molecular weight excluding hydrogens is 261 g/mol. The van der Waals surface area contributed by atoms with Gasteiger partial charge < -0.3 is 0 Å². The number of nitro benzene ring substituents is 1. The molecule has 0 atom stereocenters. The van der Waals surface area contributed by atoms with E-state index < -0.39 is 10.7 Å². The van der Waals surface area contributed by atoms with Gasteiger partial charge in [0.25, 0.3) is 5.69 Å². The number of carbonyl (C=O) groups excluding carboxylic acids is 1. The Kier molecular flexibility index (Phi) is 4.00. The molecule has 0 aliphatic heterocycles. The first-order valence-corrected chi connectivity index (χ1v) is 5.79. The van der Waals surface area contributed by atoms with Gasteiger partial charge in [-0.05, 0) is 23.8 Å². The summed E-state index contributed by atoms with van der Waals surface area (Å²) in [7, 11) is 0. The number of nitro groups is 1. The zero-order valence-corrected chi connectivity index (χ0v) is 10.3.